The SMILES string of the molecule is CCCN(C)C.CCNCCN1CCOCC1. The maximum Gasteiger partial charge on any atom is 0.0594 e. The molecule has 0 spiro atoms. The second-order valence-electron chi connectivity index (χ2n) is 4.61. The van der Waals surface area contributed by atoms with E-state index in [0.29, 0.717) is 0 Å². The van der Waals surface area contributed by atoms with E-state index in [1.54, 1.807) is 0 Å². The third kappa shape index (κ3) is 12.1. The molecule has 17 heavy (non-hydrogen) atoms. The van der Waals surface area contributed by atoms with Crippen LogP contribution in [0.25, 0.3) is 0 Å². The van der Waals surface area contributed by atoms with Crippen LogP contribution in [0.2, 0.25) is 0 Å². The van der Waals surface area contributed by atoms with Crippen LogP contribution in [-0.2, 0) is 4.74 Å². The van der Waals surface area contributed by atoms with Crippen molar-refractivity contribution in [3.63, 3.8) is 0 Å². The zero-order chi connectivity index (χ0) is 12.9. The fourth-order valence-electron chi connectivity index (χ4n) is 1.69. The largest absolute Gasteiger partial charge is 0.379 e. The Morgan fingerprint density at radius 3 is 2.24 bits per heavy atom. The summed E-state index contributed by atoms with van der Waals surface area (Å²) in [5.74, 6) is 0. The smallest absolute Gasteiger partial charge is 0.0594 e. The van der Waals surface area contributed by atoms with Crippen molar-refractivity contribution < 1.29 is 4.74 Å². The number of likely N-dealkylation sites (N-methyl/N-ethyl adjacent to an activating group) is 1. The van der Waals surface area contributed by atoms with Crippen LogP contribution < -0.4 is 5.32 Å². The van der Waals surface area contributed by atoms with Crippen LogP contribution >= 0.6 is 0 Å². The molecule has 0 aliphatic carbocycles. The summed E-state index contributed by atoms with van der Waals surface area (Å²) in [5, 5.41) is 3.31. The van der Waals surface area contributed by atoms with Crippen LogP contribution in [0.15, 0.2) is 0 Å². The minimum Gasteiger partial charge on any atom is -0.379 e. The molecule has 1 rings (SSSR count). The molecule has 1 saturated heterocycles. The van der Waals surface area contributed by atoms with Crippen molar-refractivity contribution in [2.45, 2.75) is 20.3 Å². The van der Waals surface area contributed by atoms with Gasteiger partial charge in [0.2, 0.25) is 0 Å². The molecule has 0 atom stereocenters. The van der Waals surface area contributed by atoms with E-state index < -0.39 is 0 Å². The number of rotatable bonds is 6. The highest BCUT2D eigenvalue weighted by Crippen LogP contribution is 1.94. The Bertz CT molecular complexity index is 148. The summed E-state index contributed by atoms with van der Waals surface area (Å²) in [4.78, 5) is 4.62. The lowest BCUT2D eigenvalue weighted by Gasteiger charge is -2.26. The number of morpholine rings is 1. The molecule has 4 heteroatoms. The lowest BCUT2D eigenvalue weighted by molar-refractivity contribution is 0.0385. The van der Waals surface area contributed by atoms with E-state index in [-0.39, 0.29) is 0 Å². The van der Waals surface area contributed by atoms with Crippen molar-refractivity contribution >= 4 is 0 Å². The van der Waals surface area contributed by atoms with Crippen molar-refractivity contribution in [3.8, 4) is 0 Å². The van der Waals surface area contributed by atoms with E-state index in [2.05, 4.69) is 43.1 Å². The van der Waals surface area contributed by atoms with Gasteiger partial charge in [-0.25, -0.2) is 0 Å². The Morgan fingerprint density at radius 1 is 1.18 bits per heavy atom. The van der Waals surface area contributed by atoms with Crippen molar-refractivity contribution in [3.05, 3.63) is 0 Å². The quantitative estimate of drug-likeness (QED) is 0.703. The normalized spacial score (nSPS) is 16.8. The van der Waals surface area contributed by atoms with Gasteiger partial charge in [-0.3, -0.25) is 4.90 Å². The molecule has 1 N–H and O–H groups in total. The third-order valence-corrected chi connectivity index (χ3v) is 2.63. The Labute approximate surface area is 107 Å². The van der Waals surface area contributed by atoms with Gasteiger partial charge in [-0.1, -0.05) is 13.8 Å². The molecule has 1 aliphatic rings. The van der Waals surface area contributed by atoms with Crippen molar-refractivity contribution in [2.75, 3.05) is 66.6 Å². The van der Waals surface area contributed by atoms with Gasteiger partial charge in [0, 0.05) is 26.2 Å². The molecule has 1 heterocycles. The molecule has 0 radical (unpaired) electrons. The first-order valence-electron chi connectivity index (χ1n) is 6.86. The minimum absolute atomic E-state index is 0.909. The Balaban J connectivity index is 0.000000366. The summed E-state index contributed by atoms with van der Waals surface area (Å²) in [6.07, 6.45) is 1.26. The number of nitrogens with zero attached hydrogens (tertiary/aromatic N) is 2. The Morgan fingerprint density at radius 2 is 1.82 bits per heavy atom. The highest BCUT2D eigenvalue weighted by atomic mass is 16.5. The zero-order valence-corrected chi connectivity index (χ0v) is 12.2. The van der Waals surface area contributed by atoms with Gasteiger partial charge >= 0.3 is 0 Å². The summed E-state index contributed by atoms with van der Waals surface area (Å²) in [7, 11) is 4.17. The highest BCUT2D eigenvalue weighted by Gasteiger charge is 2.08. The fraction of sp³-hybridized carbons (Fsp3) is 1.00. The molecule has 0 amide bonds. The van der Waals surface area contributed by atoms with E-state index in [0.717, 1.165) is 45.9 Å². The van der Waals surface area contributed by atoms with Crippen LogP contribution in [0.1, 0.15) is 20.3 Å². The van der Waals surface area contributed by atoms with Crippen LogP contribution in [0.3, 0.4) is 0 Å². The van der Waals surface area contributed by atoms with Gasteiger partial charge in [-0.2, -0.15) is 0 Å². The monoisotopic (exact) mass is 245 g/mol. The first-order valence-corrected chi connectivity index (χ1v) is 6.86. The van der Waals surface area contributed by atoms with Crippen LogP contribution in [0.4, 0.5) is 0 Å². The van der Waals surface area contributed by atoms with Crippen molar-refractivity contribution in [1.29, 1.82) is 0 Å². The number of hydrogen-bond donors (Lipinski definition) is 1. The molecule has 4 nitrogen and oxygen atoms in total. The highest BCUT2D eigenvalue weighted by molar-refractivity contribution is 4.62. The van der Waals surface area contributed by atoms with E-state index in [4.69, 9.17) is 4.74 Å². The molecule has 0 unspecified atom stereocenters. The van der Waals surface area contributed by atoms with Gasteiger partial charge in [0.1, 0.15) is 0 Å². The summed E-state index contributed by atoms with van der Waals surface area (Å²) in [6.45, 7) is 12.9. The molecule has 0 aromatic heterocycles. The van der Waals surface area contributed by atoms with Gasteiger partial charge in [-0.15, -0.1) is 0 Å². The predicted molar refractivity (Wildman–Crippen MR) is 74.6 cm³/mol. The van der Waals surface area contributed by atoms with Crippen LogP contribution in [0, 0.1) is 0 Å². The van der Waals surface area contributed by atoms with Crippen LogP contribution in [0.5, 0.6) is 0 Å². The summed E-state index contributed by atoms with van der Waals surface area (Å²) in [6, 6.07) is 0. The molecule has 0 bridgehead atoms. The van der Waals surface area contributed by atoms with Gasteiger partial charge in [-0.05, 0) is 33.6 Å². The van der Waals surface area contributed by atoms with Gasteiger partial charge in [0.05, 0.1) is 13.2 Å². The lowest BCUT2D eigenvalue weighted by atomic mass is 10.4. The second kappa shape index (κ2) is 12.3. The Hall–Kier alpha value is -0.160. The number of nitrogens with one attached hydrogen (secondary N) is 1. The predicted octanol–water partition coefficient (Wildman–Crippen LogP) is 0.886. The standard InChI is InChI=1S/C8H18N2O.C5H13N/c1-2-9-3-4-10-5-7-11-8-6-10;1-4-5-6(2)3/h9H,2-8H2,1H3;4-5H2,1-3H3. The maximum atomic E-state index is 5.24. The summed E-state index contributed by atoms with van der Waals surface area (Å²) in [5.41, 5.74) is 0. The van der Waals surface area contributed by atoms with Gasteiger partial charge in [0.15, 0.2) is 0 Å². The van der Waals surface area contributed by atoms with Crippen LogP contribution in [-0.4, -0.2) is 76.4 Å². The molecule has 0 aromatic rings. The van der Waals surface area contributed by atoms with E-state index in [1.165, 1.54) is 13.0 Å². The molecule has 104 valence electrons. The second-order valence-corrected chi connectivity index (χ2v) is 4.61. The van der Waals surface area contributed by atoms with Crippen molar-refractivity contribution in [1.82, 2.24) is 15.1 Å². The Kier molecular flexibility index (Phi) is 12.2. The minimum atomic E-state index is 0.909. The fourth-order valence-corrected chi connectivity index (χ4v) is 1.69. The molecule has 0 saturated carbocycles. The van der Waals surface area contributed by atoms with E-state index >= 15 is 0 Å². The number of hydrogen-bond acceptors (Lipinski definition) is 4. The maximum absolute atomic E-state index is 5.24. The molecule has 1 fully saturated rings. The molecule has 1 aliphatic heterocycles. The molecular weight excluding hydrogens is 214 g/mol. The van der Waals surface area contributed by atoms with Gasteiger partial charge < -0.3 is 15.0 Å². The van der Waals surface area contributed by atoms with E-state index in [9.17, 15) is 0 Å². The molecule has 0 aromatic carbocycles. The lowest BCUT2D eigenvalue weighted by Crippen LogP contribution is -2.40. The summed E-state index contributed by atoms with van der Waals surface area (Å²) >= 11 is 0. The van der Waals surface area contributed by atoms with E-state index in [1.807, 2.05) is 0 Å². The van der Waals surface area contributed by atoms with Gasteiger partial charge in [0.25, 0.3) is 0 Å². The first-order chi connectivity index (χ1) is 8.20. The van der Waals surface area contributed by atoms with Crippen molar-refractivity contribution in [2.24, 2.45) is 0 Å². The average Bonchev–Trinajstić information content (AvgIpc) is 2.31. The summed E-state index contributed by atoms with van der Waals surface area (Å²) < 4.78 is 5.24. The zero-order valence-electron chi connectivity index (χ0n) is 12.2. The average molecular weight is 245 g/mol. The third-order valence-electron chi connectivity index (χ3n) is 2.63. The number of ether oxygens (including phenoxy) is 1. The molecular formula is C13H31N3O. The topological polar surface area (TPSA) is 27.7 Å². The first kappa shape index (κ1) is 16.8.